The fourth-order valence-corrected chi connectivity index (χ4v) is 6.06. The molecule has 0 spiro atoms. The first-order valence-corrected chi connectivity index (χ1v) is 20.1. The predicted octanol–water partition coefficient (Wildman–Crippen LogP) is 10.2. The smallest absolute Gasteiger partial charge is 0.410 e. The van der Waals surface area contributed by atoms with E-state index in [2.05, 4.69) is 41.6 Å². The lowest BCUT2D eigenvalue weighted by Crippen LogP contribution is -2.43. The Morgan fingerprint density at radius 1 is 0.515 bits per heavy atom. The highest BCUT2D eigenvalue weighted by Crippen LogP contribution is 2.28. The summed E-state index contributed by atoms with van der Waals surface area (Å²) in [5, 5.41) is 18.7. The molecule has 0 aliphatic heterocycles. The van der Waals surface area contributed by atoms with Crippen LogP contribution in [0, 0.1) is 13.8 Å². The second-order valence-electron chi connectivity index (χ2n) is 15.7. The van der Waals surface area contributed by atoms with E-state index in [0.29, 0.717) is 56.4 Å². The maximum atomic E-state index is 12.9. The van der Waals surface area contributed by atoms with Crippen molar-refractivity contribution in [2.45, 2.75) is 66.5 Å². The molecule has 0 saturated heterocycles. The Morgan fingerprint density at radius 2 is 0.894 bits per heavy atom. The van der Waals surface area contributed by atoms with Gasteiger partial charge in [-0.25, -0.2) is 28.8 Å². The van der Waals surface area contributed by atoms with Crippen LogP contribution >= 0.6 is 0 Å². The fraction of sp³-hybridized carbons (Fsp3) is 0.208. The molecule has 0 fully saturated rings. The molecule has 0 aliphatic carbocycles. The van der Waals surface area contributed by atoms with Gasteiger partial charge in [-0.2, -0.15) is 9.98 Å². The van der Waals surface area contributed by atoms with Crippen molar-refractivity contribution in [1.82, 2.24) is 10.6 Å². The fourth-order valence-electron chi connectivity index (χ4n) is 6.06. The number of carbonyl (C=O) groups is 4. The summed E-state index contributed by atoms with van der Waals surface area (Å²) in [5.41, 5.74) is 4.42. The van der Waals surface area contributed by atoms with Crippen molar-refractivity contribution >= 4 is 70.7 Å². The molecule has 0 radical (unpaired) electrons. The van der Waals surface area contributed by atoms with Crippen LogP contribution in [0.4, 0.5) is 41.9 Å². The van der Waals surface area contributed by atoms with Gasteiger partial charge in [-0.1, -0.05) is 46.7 Å². The maximum Gasteiger partial charge on any atom is 0.434 e. The van der Waals surface area contributed by atoms with Crippen molar-refractivity contribution in [1.29, 1.82) is 0 Å². The van der Waals surface area contributed by atoms with E-state index in [0.717, 1.165) is 11.1 Å². The summed E-state index contributed by atoms with van der Waals surface area (Å²) in [5.74, 6) is 0.480. The highest BCUT2D eigenvalue weighted by atomic mass is 16.7. The van der Waals surface area contributed by atoms with Crippen molar-refractivity contribution in [2.75, 3.05) is 10.6 Å². The van der Waals surface area contributed by atoms with Crippen molar-refractivity contribution in [2.24, 2.45) is 20.3 Å². The van der Waals surface area contributed by atoms with Crippen LogP contribution in [-0.4, -0.2) is 48.0 Å². The van der Waals surface area contributed by atoms with Crippen LogP contribution in [0.1, 0.15) is 74.9 Å². The molecule has 0 heterocycles. The summed E-state index contributed by atoms with van der Waals surface area (Å²) in [6.07, 6.45) is -0.187. The van der Waals surface area contributed by atoms with Gasteiger partial charge in [0, 0.05) is 11.4 Å². The predicted molar refractivity (Wildman–Crippen MR) is 246 cm³/mol. The topological polar surface area (TPSA) is 237 Å². The minimum Gasteiger partial charge on any atom is -0.410 e. The molecular formula is C48H46N8O10. The molecule has 5 rings (SSSR count). The molecule has 0 bridgehead atoms. The van der Waals surface area contributed by atoms with Crippen molar-refractivity contribution in [3.05, 3.63) is 143 Å². The van der Waals surface area contributed by atoms with Crippen molar-refractivity contribution in [3.8, 4) is 11.5 Å². The molecule has 4 amide bonds. The quantitative estimate of drug-likeness (QED) is 0.0356. The lowest BCUT2D eigenvalue weighted by Gasteiger charge is -2.30. The van der Waals surface area contributed by atoms with Crippen LogP contribution in [-0.2, 0) is 30.3 Å². The van der Waals surface area contributed by atoms with E-state index in [9.17, 15) is 28.8 Å². The lowest BCUT2D eigenvalue weighted by atomic mass is 9.87. The number of hydrogen-bond donors (Lipinski definition) is 4. The molecule has 18 heteroatoms. The first kappa shape index (κ1) is 48.3. The molecule has 0 aliphatic rings. The molecule has 5 aromatic carbocycles. The number of nitrogens with zero attached hydrogens (tertiary/aromatic N) is 4. The van der Waals surface area contributed by atoms with Gasteiger partial charge in [0.05, 0.1) is 33.9 Å². The number of ether oxygens (including phenoxy) is 2. The van der Waals surface area contributed by atoms with E-state index in [4.69, 9.17) is 19.1 Å². The van der Waals surface area contributed by atoms with Gasteiger partial charge in [-0.15, -0.1) is 0 Å². The monoisotopic (exact) mass is 894 g/mol. The number of benzene rings is 5. The van der Waals surface area contributed by atoms with E-state index in [-0.39, 0.29) is 11.5 Å². The number of nitrogens with one attached hydrogen (secondary N) is 4. The molecule has 18 nitrogen and oxygen atoms in total. The van der Waals surface area contributed by atoms with Gasteiger partial charge in [0.15, 0.2) is 0 Å². The third kappa shape index (κ3) is 13.6. The standard InChI is InChI=1S/C48H46N8O10/c1-29-12-18-37(25-41(29)49-27-57)51-43(59)63-39-20-14-33(15-21-39)31(3)55-65-45(61)53-47(5,6)35-10-9-11-36(24-35)48(7,8)54-46(62)66-56-32(4)34-16-22-40(23-17-34)64-44(60)52-38-19-13-30(2)42(26-38)50-28-58/h9-26H,1-8H3,(H,51,59)(H,52,60)(H,53,61)(H,54,62)/b55-31+,56-32+. The van der Waals surface area contributed by atoms with E-state index >= 15 is 0 Å². The molecule has 0 unspecified atom stereocenters. The van der Waals surface area contributed by atoms with Gasteiger partial charge in [-0.05, 0) is 162 Å². The van der Waals surface area contributed by atoms with Gasteiger partial charge in [0.25, 0.3) is 0 Å². The Labute approximate surface area is 379 Å². The first-order chi connectivity index (χ1) is 31.3. The lowest BCUT2D eigenvalue weighted by molar-refractivity contribution is 0.139. The average molecular weight is 895 g/mol. The summed E-state index contributed by atoms with van der Waals surface area (Å²) in [6.45, 7) is 13.9. The largest absolute Gasteiger partial charge is 0.434 e. The molecule has 4 N–H and O–H groups in total. The molecule has 338 valence electrons. The SMILES string of the molecule is C/C(=N\OC(=O)NC(C)(C)c1cccc(C(C)(C)NC(=O)O/N=C(\C)c2ccc(OC(=O)Nc3ccc(C)c(N=C=O)c3)cc2)c1)c1ccc(OC(=O)Nc2ccc(C)c(N=C=O)c2)cc1. The summed E-state index contributed by atoms with van der Waals surface area (Å²) in [7, 11) is 0. The van der Waals surface area contributed by atoms with Gasteiger partial charge in [-0.3, -0.25) is 20.3 Å². The molecule has 5 aromatic rings. The third-order valence-electron chi connectivity index (χ3n) is 9.87. The van der Waals surface area contributed by atoms with Gasteiger partial charge in [0.2, 0.25) is 12.2 Å². The Kier molecular flexibility index (Phi) is 15.8. The Hall–Kier alpha value is -8.72. The Balaban J connectivity index is 1.10. The van der Waals surface area contributed by atoms with Crippen LogP contribution < -0.4 is 30.7 Å². The second kappa shape index (κ2) is 21.6. The zero-order valence-electron chi connectivity index (χ0n) is 37.3. The number of hydrogen-bond acceptors (Lipinski definition) is 14. The normalized spacial score (nSPS) is 11.5. The number of oxime groups is 2. The van der Waals surface area contributed by atoms with E-state index < -0.39 is 35.5 Å². The van der Waals surface area contributed by atoms with Crippen LogP contribution in [0.15, 0.2) is 129 Å². The number of amides is 4. The van der Waals surface area contributed by atoms with Crippen LogP contribution in [0.3, 0.4) is 0 Å². The van der Waals surface area contributed by atoms with E-state index in [1.54, 1.807) is 134 Å². The molecule has 0 atom stereocenters. The molecule has 66 heavy (non-hydrogen) atoms. The number of aliphatic imine (C=N–C) groups is 2. The summed E-state index contributed by atoms with van der Waals surface area (Å²) < 4.78 is 10.7. The van der Waals surface area contributed by atoms with Crippen molar-refractivity contribution in [3.63, 3.8) is 0 Å². The highest BCUT2D eigenvalue weighted by molar-refractivity contribution is 5.99. The zero-order valence-corrected chi connectivity index (χ0v) is 37.3. The van der Waals surface area contributed by atoms with Crippen LogP contribution in [0.5, 0.6) is 11.5 Å². The summed E-state index contributed by atoms with van der Waals surface area (Å²) in [6, 6.07) is 29.7. The van der Waals surface area contributed by atoms with Gasteiger partial charge >= 0.3 is 24.4 Å². The van der Waals surface area contributed by atoms with Gasteiger partial charge in [0.1, 0.15) is 11.5 Å². The summed E-state index contributed by atoms with van der Waals surface area (Å²) >= 11 is 0. The summed E-state index contributed by atoms with van der Waals surface area (Å²) in [4.78, 5) is 89.7. The minimum atomic E-state index is -0.946. The van der Waals surface area contributed by atoms with Gasteiger partial charge < -0.3 is 20.1 Å². The minimum absolute atomic E-state index is 0.240. The number of rotatable bonds is 14. The van der Waals surface area contributed by atoms with Crippen LogP contribution in [0.2, 0.25) is 0 Å². The van der Waals surface area contributed by atoms with Crippen molar-refractivity contribution < 1.29 is 47.9 Å². The Morgan fingerprint density at radius 3 is 1.26 bits per heavy atom. The number of aryl methyl sites for hydroxylation is 2. The Bertz CT molecular complexity index is 2600. The molecular weight excluding hydrogens is 849 g/mol. The van der Waals surface area contributed by atoms with E-state index in [1.807, 2.05) is 18.2 Å². The van der Waals surface area contributed by atoms with E-state index in [1.165, 1.54) is 24.3 Å². The maximum absolute atomic E-state index is 12.9. The first-order valence-electron chi connectivity index (χ1n) is 20.1. The number of carbonyl (C=O) groups excluding carboxylic acids is 6. The zero-order chi connectivity index (χ0) is 48.0. The average Bonchev–Trinajstić information content (AvgIpc) is 3.27. The second-order valence-corrected chi connectivity index (χ2v) is 15.7. The number of isocyanates is 2. The number of anilines is 2. The third-order valence-corrected chi connectivity index (χ3v) is 9.87. The molecule has 0 aromatic heterocycles. The van der Waals surface area contributed by atoms with Crippen LogP contribution in [0.25, 0.3) is 0 Å². The molecule has 0 saturated carbocycles. The highest BCUT2D eigenvalue weighted by Gasteiger charge is 2.29.